The topological polar surface area (TPSA) is 35.6 Å². The van der Waals surface area contributed by atoms with Gasteiger partial charge >= 0.3 is 6.03 Å². The van der Waals surface area contributed by atoms with E-state index in [-0.39, 0.29) is 12.1 Å². The molecule has 0 atom stereocenters. The van der Waals surface area contributed by atoms with Crippen molar-refractivity contribution in [2.75, 3.05) is 33.4 Å². The van der Waals surface area contributed by atoms with Crippen molar-refractivity contribution in [2.24, 2.45) is 0 Å². The average Bonchev–Trinajstić information content (AvgIpc) is 2.69. The van der Waals surface area contributed by atoms with Crippen LogP contribution in [-0.2, 0) is 6.54 Å². The van der Waals surface area contributed by atoms with E-state index < -0.39 is 0 Å². The van der Waals surface area contributed by atoms with Gasteiger partial charge in [0.25, 0.3) is 0 Å². The summed E-state index contributed by atoms with van der Waals surface area (Å²) in [6.45, 7) is 3.00. The number of carbonyl (C=O) groups is 1. The van der Waals surface area contributed by atoms with Crippen LogP contribution in [0.15, 0.2) is 53.4 Å². The molecule has 0 saturated carbocycles. The molecule has 144 valence electrons. The Morgan fingerprint density at radius 1 is 1.11 bits per heavy atom. The van der Waals surface area contributed by atoms with Crippen molar-refractivity contribution in [3.05, 3.63) is 54.1 Å². The summed E-state index contributed by atoms with van der Waals surface area (Å²) >= 11 is 1.77. The first-order chi connectivity index (χ1) is 13.0. The van der Waals surface area contributed by atoms with Crippen LogP contribution in [0.5, 0.6) is 0 Å². The fraction of sp³-hybridized carbons (Fsp3) is 0.409. The molecule has 0 spiro atoms. The van der Waals surface area contributed by atoms with Gasteiger partial charge < -0.3 is 10.2 Å². The zero-order chi connectivity index (χ0) is 19.2. The Morgan fingerprint density at radius 3 is 2.44 bits per heavy atom. The number of hydrogen-bond donors (Lipinski definition) is 1. The molecular formula is C22H29N3OS. The van der Waals surface area contributed by atoms with Crippen LogP contribution in [0.1, 0.15) is 18.4 Å². The third kappa shape index (κ3) is 5.50. The highest BCUT2D eigenvalue weighted by Crippen LogP contribution is 2.24. The molecule has 5 heteroatoms. The van der Waals surface area contributed by atoms with Crippen molar-refractivity contribution in [1.29, 1.82) is 0 Å². The summed E-state index contributed by atoms with van der Waals surface area (Å²) < 4.78 is 0. The van der Waals surface area contributed by atoms with Gasteiger partial charge in [0.05, 0.1) is 0 Å². The SMILES string of the molecule is CSc1ccc(-c2cccc(CN3CCC(NC(=O)N(C)C)CC3)c2)cc1. The predicted octanol–water partition coefficient (Wildman–Crippen LogP) is 4.31. The average molecular weight is 384 g/mol. The van der Waals surface area contributed by atoms with Gasteiger partial charge in [-0.25, -0.2) is 4.79 Å². The molecule has 1 aliphatic heterocycles. The van der Waals surface area contributed by atoms with Crippen LogP contribution < -0.4 is 5.32 Å². The summed E-state index contributed by atoms with van der Waals surface area (Å²) in [5.41, 5.74) is 3.88. The molecule has 1 N–H and O–H groups in total. The Kier molecular flexibility index (Phi) is 6.80. The lowest BCUT2D eigenvalue weighted by atomic mass is 10.0. The lowest BCUT2D eigenvalue weighted by Gasteiger charge is -2.33. The first kappa shape index (κ1) is 19.8. The van der Waals surface area contributed by atoms with E-state index in [0.29, 0.717) is 0 Å². The van der Waals surface area contributed by atoms with Gasteiger partial charge in [0.1, 0.15) is 0 Å². The first-order valence-electron chi connectivity index (χ1n) is 9.48. The van der Waals surface area contributed by atoms with Crippen molar-refractivity contribution in [1.82, 2.24) is 15.1 Å². The largest absolute Gasteiger partial charge is 0.335 e. The number of likely N-dealkylation sites (tertiary alicyclic amines) is 1. The zero-order valence-corrected chi connectivity index (χ0v) is 17.3. The van der Waals surface area contributed by atoms with Gasteiger partial charge in [-0.3, -0.25) is 4.90 Å². The summed E-state index contributed by atoms with van der Waals surface area (Å²) in [5, 5.41) is 3.10. The van der Waals surface area contributed by atoms with Crippen LogP contribution in [0, 0.1) is 0 Å². The number of urea groups is 1. The van der Waals surface area contributed by atoms with E-state index in [9.17, 15) is 4.79 Å². The molecule has 0 aromatic heterocycles. The number of rotatable bonds is 5. The summed E-state index contributed by atoms with van der Waals surface area (Å²) in [7, 11) is 3.57. The number of carbonyl (C=O) groups excluding carboxylic acids is 1. The molecule has 2 aromatic rings. The Bertz CT molecular complexity index is 752. The fourth-order valence-corrected chi connectivity index (χ4v) is 3.84. The summed E-state index contributed by atoms with van der Waals surface area (Å²) in [4.78, 5) is 17.2. The number of thioether (sulfide) groups is 1. The van der Waals surface area contributed by atoms with Crippen molar-refractivity contribution < 1.29 is 4.79 Å². The third-order valence-electron chi connectivity index (χ3n) is 5.08. The molecule has 0 bridgehead atoms. The normalized spacial score (nSPS) is 15.5. The van der Waals surface area contributed by atoms with Crippen molar-refractivity contribution in [2.45, 2.75) is 30.3 Å². The number of nitrogens with one attached hydrogen (secondary N) is 1. The van der Waals surface area contributed by atoms with Crippen LogP contribution in [0.4, 0.5) is 4.79 Å². The van der Waals surface area contributed by atoms with E-state index in [1.807, 2.05) is 0 Å². The maximum Gasteiger partial charge on any atom is 0.317 e. The Balaban J connectivity index is 1.56. The molecule has 2 aromatic carbocycles. The quantitative estimate of drug-likeness (QED) is 0.782. The molecule has 4 nitrogen and oxygen atoms in total. The molecule has 0 radical (unpaired) electrons. The Hall–Kier alpha value is -1.98. The van der Waals surface area contributed by atoms with Crippen molar-refractivity contribution in [3.63, 3.8) is 0 Å². The molecular weight excluding hydrogens is 354 g/mol. The molecule has 1 heterocycles. The standard InChI is InChI=1S/C22H29N3OS/c1-24(2)22(26)23-20-11-13-25(14-12-20)16-17-5-4-6-19(15-17)18-7-9-21(27-3)10-8-18/h4-10,15,20H,11-14,16H2,1-3H3,(H,23,26). The Morgan fingerprint density at radius 2 is 1.81 bits per heavy atom. The third-order valence-corrected chi connectivity index (χ3v) is 5.82. The van der Waals surface area contributed by atoms with E-state index >= 15 is 0 Å². The van der Waals surface area contributed by atoms with E-state index in [2.05, 4.69) is 65.0 Å². The summed E-state index contributed by atoms with van der Waals surface area (Å²) in [6, 6.07) is 17.9. The van der Waals surface area contributed by atoms with Crippen LogP contribution in [0.2, 0.25) is 0 Å². The molecule has 1 saturated heterocycles. The minimum absolute atomic E-state index is 0.00800. The van der Waals surface area contributed by atoms with Gasteiger partial charge in [0.15, 0.2) is 0 Å². The fourth-order valence-electron chi connectivity index (χ4n) is 3.43. The number of nitrogens with zero attached hydrogens (tertiary/aromatic N) is 2. The van der Waals surface area contributed by atoms with Gasteiger partial charge in [0.2, 0.25) is 0 Å². The highest BCUT2D eigenvalue weighted by atomic mass is 32.2. The number of amides is 2. The number of hydrogen-bond acceptors (Lipinski definition) is 3. The monoisotopic (exact) mass is 383 g/mol. The lowest BCUT2D eigenvalue weighted by molar-refractivity contribution is 0.178. The lowest BCUT2D eigenvalue weighted by Crippen LogP contribution is -2.47. The second-order valence-electron chi connectivity index (χ2n) is 7.32. The van der Waals surface area contributed by atoms with Gasteiger partial charge in [0, 0.05) is 44.7 Å². The van der Waals surface area contributed by atoms with Gasteiger partial charge in [-0.15, -0.1) is 11.8 Å². The maximum absolute atomic E-state index is 11.8. The summed E-state index contributed by atoms with van der Waals surface area (Å²) in [5.74, 6) is 0. The van der Waals surface area contributed by atoms with Crippen LogP contribution >= 0.6 is 11.8 Å². The molecule has 27 heavy (non-hydrogen) atoms. The molecule has 2 amide bonds. The highest BCUT2D eigenvalue weighted by Gasteiger charge is 2.21. The molecule has 0 unspecified atom stereocenters. The first-order valence-corrected chi connectivity index (χ1v) is 10.7. The molecule has 3 rings (SSSR count). The van der Waals surface area contributed by atoms with Gasteiger partial charge in [-0.2, -0.15) is 0 Å². The van der Waals surface area contributed by atoms with Gasteiger partial charge in [-0.05, 0) is 54.0 Å². The van der Waals surface area contributed by atoms with E-state index in [4.69, 9.17) is 0 Å². The van der Waals surface area contributed by atoms with Crippen LogP contribution in [0.25, 0.3) is 11.1 Å². The van der Waals surface area contributed by atoms with E-state index in [1.165, 1.54) is 21.6 Å². The van der Waals surface area contributed by atoms with Crippen LogP contribution in [0.3, 0.4) is 0 Å². The predicted molar refractivity (Wildman–Crippen MR) is 114 cm³/mol. The van der Waals surface area contributed by atoms with Crippen molar-refractivity contribution in [3.8, 4) is 11.1 Å². The van der Waals surface area contributed by atoms with Crippen molar-refractivity contribution >= 4 is 17.8 Å². The minimum atomic E-state index is 0.00800. The zero-order valence-electron chi connectivity index (χ0n) is 16.4. The molecule has 0 aliphatic carbocycles. The van der Waals surface area contributed by atoms with Crippen LogP contribution in [-0.4, -0.2) is 55.3 Å². The van der Waals surface area contributed by atoms with Gasteiger partial charge in [-0.1, -0.05) is 30.3 Å². The Labute approximate surface area is 166 Å². The second kappa shape index (κ2) is 9.29. The number of piperidine rings is 1. The molecule has 1 fully saturated rings. The number of benzene rings is 2. The summed E-state index contributed by atoms with van der Waals surface area (Å²) in [6.07, 6.45) is 4.12. The maximum atomic E-state index is 11.8. The molecule has 1 aliphatic rings. The smallest absolute Gasteiger partial charge is 0.317 e. The highest BCUT2D eigenvalue weighted by molar-refractivity contribution is 7.98. The van der Waals surface area contributed by atoms with E-state index in [1.54, 1.807) is 30.8 Å². The van der Waals surface area contributed by atoms with E-state index in [0.717, 1.165) is 32.5 Å². The second-order valence-corrected chi connectivity index (χ2v) is 8.20. The minimum Gasteiger partial charge on any atom is -0.335 e.